The molecule has 1 heterocycles. The summed E-state index contributed by atoms with van der Waals surface area (Å²) in [5, 5.41) is -0.0453. The van der Waals surface area contributed by atoms with Crippen LogP contribution in [0.15, 0.2) is 135 Å². The Bertz CT molecular complexity index is 2190. The van der Waals surface area contributed by atoms with Gasteiger partial charge in [0.05, 0.1) is 25.7 Å². The number of halogens is 4. The van der Waals surface area contributed by atoms with Gasteiger partial charge in [0, 0.05) is 45.1 Å². The predicted octanol–water partition coefficient (Wildman–Crippen LogP) is 12.2. The van der Waals surface area contributed by atoms with Crippen molar-refractivity contribution in [2.45, 2.75) is 5.60 Å². The molecule has 6 rings (SSSR count). The largest absolute Gasteiger partial charge is 0.490 e. The third-order valence-electron chi connectivity index (χ3n) is 9.30. The van der Waals surface area contributed by atoms with E-state index in [2.05, 4.69) is 13.2 Å². The Morgan fingerprint density at radius 1 is 0.589 bits per heavy atom. The summed E-state index contributed by atoms with van der Waals surface area (Å²) in [5.74, 6) is 0.635. The molecule has 0 aromatic heterocycles. The summed E-state index contributed by atoms with van der Waals surface area (Å²) >= 11 is 27.3. The first-order valence-corrected chi connectivity index (χ1v) is 19.2. The molecule has 0 atom stereocenters. The number of rotatable bonds is 14. The Kier molecular flexibility index (Phi) is 12.6. The van der Waals surface area contributed by atoms with Crippen molar-refractivity contribution in [3.05, 3.63) is 188 Å². The molecule has 286 valence electrons. The van der Waals surface area contributed by atoms with Crippen LogP contribution in [0.1, 0.15) is 38.2 Å². The van der Waals surface area contributed by atoms with Crippen LogP contribution in [0, 0.1) is 0 Å². The van der Waals surface area contributed by atoms with Gasteiger partial charge in [-0.25, -0.2) is 4.79 Å². The zero-order valence-corrected chi connectivity index (χ0v) is 34.4. The zero-order chi connectivity index (χ0) is 40.1. The van der Waals surface area contributed by atoms with E-state index in [9.17, 15) is 4.79 Å². The first kappa shape index (κ1) is 40.6. The molecule has 10 heteroatoms. The molecule has 0 spiro atoms. The molecule has 1 aliphatic rings. The number of hydrogen-bond acceptors (Lipinski definition) is 6. The molecule has 5 aromatic rings. The maximum absolute atomic E-state index is 14.2. The third-order valence-corrected chi connectivity index (χ3v) is 11.1. The molecule has 0 aliphatic carbocycles. The van der Waals surface area contributed by atoms with E-state index >= 15 is 0 Å². The lowest BCUT2D eigenvalue weighted by Gasteiger charge is -2.27. The molecular weight excluding hydrogens is 786 g/mol. The SMILES string of the molecule is C=CCOc1ccc(/C(=C\C2(/C=C(\c3ccc(OCC=C)cc3)c3ccc(N(C)C)cc3)OC(=O)c3c(Cl)c(Cl)c(Cl)c(Cl)c32)c2ccc(N(C)C)cc2)cc1. The molecule has 0 saturated heterocycles. The lowest BCUT2D eigenvalue weighted by atomic mass is 9.83. The minimum absolute atomic E-state index is 0.00257. The molecule has 5 aromatic carbocycles. The zero-order valence-electron chi connectivity index (χ0n) is 31.4. The van der Waals surface area contributed by atoms with Gasteiger partial charge in [0.15, 0.2) is 5.60 Å². The Hall–Kier alpha value is -5.11. The van der Waals surface area contributed by atoms with Crippen LogP contribution in [0.25, 0.3) is 11.1 Å². The van der Waals surface area contributed by atoms with E-state index in [0.717, 1.165) is 44.8 Å². The number of esters is 1. The first-order valence-electron chi connectivity index (χ1n) is 17.7. The third kappa shape index (κ3) is 8.35. The van der Waals surface area contributed by atoms with Gasteiger partial charge in [-0.2, -0.15) is 0 Å². The fraction of sp³-hybridized carbons (Fsp3) is 0.152. The van der Waals surface area contributed by atoms with Crippen LogP contribution in [-0.2, 0) is 10.3 Å². The van der Waals surface area contributed by atoms with E-state index in [-0.39, 0.29) is 31.2 Å². The highest BCUT2D eigenvalue weighted by molar-refractivity contribution is 6.53. The molecule has 0 fully saturated rings. The van der Waals surface area contributed by atoms with Crippen molar-refractivity contribution in [3.63, 3.8) is 0 Å². The van der Waals surface area contributed by atoms with Crippen LogP contribution in [-0.4, -0.2) is 47.4 Å². The van der Waals surface area contributed by atoms with Gasteiger partial charge >= 0.3 is 5.97 Å². The second kappa shape index (κ2) is 17.4. The van der Waals surface area contributed by atoms with E-state index in [1.165, 1.54) is 0 Å². The van der Waals surface area contributed by atoms with Gasteiger partial charge < -0.3 is 24.0 Å². The molecule has 0 N–H and O–H groups in total. The fourth-order valence-corrected chi connectivity index (χ4v) is 7.51. The summed E-state index contributed by atoms with van der Waals surface area (Å²) in [4.78, 5) is 18.2. The summed E-state index contributed by atoms with van der Waals surface area (Å²) in [6, 6.07) is 31.5. The molecule has 56 heavy (non-hydrogen) atoms. The average Bonchev–Trinajstić information content (AvgIpc) is 3.50. The van der Waals surface area contributed by atoms with Crippen molar-refractivity contribution >= 4 is 74.9 Å². The molecule has 0 saturated carbocycles. The van der Waals surface area contributed by atoms with Gasteiger partial charge in [0.2, 0.25) is 0 Å². The van der Waals surface area contributed by atoms with Crippen molar-refractivity contribution < 1.29 is 19.0 Å². The van der Waals surface area contributed by atoms with Gasteiger partial charge in [0.1, 0.15) is 24.7 Å². The molecule has 0 bridgehead atoms. The number of anilines is 2. The quantitative estimate of drug-likeness (QED) is 0.0481. The van der Waals surface area contributed by atoms with E-state index in [1.807, 2.05) is 147 Å². The summed E-state index contributed by atoms with van der Waals surface area (Å²) in [6.07, 6.45) is 7.16. The molecular formula is C46H40Cl4N2O4. The van der Waals surface area contributed by atoms with Gasteiger partial charge in [-0.15, -0.1) is 0 Å². The summed E-state index contributed by atoms with van der Waals surface area (Å²) in [7, 11) is 7.92. The standard InChI is InChI=1S/C46H40Cl4N2O4/c1-7-25-54-35-21-13-31(14-22-35)37(29-9-17-33(18-10-29)51(3)4)27-46(40-39(45(53)56-46)41(47)43(49)44(50)42(40)48)28-38(30-11-19-34(20-12-30)52(5)6)32-15-23-36(24-16-32)55-26-8-2/h7-24,27-28H,1-2,25-26H2,3-6H3/b37-27-,38-28-. The van der Waals surface area contributed by atoms with Gasteiger partial charge in [0.25, 0.3) is 0 Å². The van der Waals surface area contributed by atoms with Crippen LogP contribution >= 0.6 is 46.4 Å². The second-order valence-corrected chi connectivity index (χ2v) is 14.9. The monoisotopic (exact) mass is 824 g/mol. The Balaban J connectivity index is 1.70. The number of carbonyl (C=O) groups excluding carboxylic acids is 1. The van der Waals surface area contributed by atoms with Crippen molar-refractivity contribution in [2.24, 2.45) is 0 Å². The topological polar surface area (TPSA) is 51.2 Å². The lowest BCUT2D eigenvalue weighted by molar-refractivity contribution is 0.0300. The number of nitrogens with zero attached hydrogens (tertiary/aromatic N) is 2. The average molecular weight is 827 g/mol. The summed E-state index contributed by atoms with van der Waals surface area (Å²) < 4.78 is 18.2. The number of benzene rings is 5. The lowest BCUT2D eigenvalue weighted by Crippen LogP contribution is -2.23. The maximum atomic E-state index is 14.2. The van der Waals surface area contributed by atoms with Crippen molar-refractivity contribution in [1.82, 2.24) is 0 Å². The molecule has 0 amide bonds. The second-order valence-electron chi connectivity index (χ2n) is 13.4. The normalized spacial score (nSPS) is 13.5. The molecule has 6 nitrogen and oxygen atoms in total. The van der Waals surface area contributed by atoms with Crippen LogP contribution in [0.4, 0.5) is 11.4 Å². The van der Waals surface area contributed by atoms with Gasteiger partial charge in [-0.1, -0.05) is 120 Å². The number of fused-ring (bicyclic) bond motifs is 1. The highest BCUT2D eigenvalue weighted by Crippen LogP contribution is 2.53. The number of carbonyl (C=O) groups is 1. The Morgan fingerprint density at radius 3 is 1.30 bits per heavy atom. The smallest absolute Gasteiger partial charge is 0.341 e. The first-order chi connectivity index (χ1) is 26.9. The van der Waals surface area contributed by atoms with Gasteiger partial charge in [-0.05, 0) is 94.1 Å². The van der Waals surface area contributed by atoms with E-state index in [1.54, 1.807) is 12.2 Å². The van der Waals surface area contributed by atoms with Crippen molar-refractivity contribution in [2.75, 3.05) is 51.2 Å². The van der Waals surface area contributed by atoms with E-state index in [0.29, 0.717) is 24.7 Å². The number of ether oxygens (including phenoxy) is 3. The fourth-order valence-electron chi connectivity index (χ4n) is 6.44. The minimum atomic E-state index is -1.66. The van der Waals surface area contributed by atoms with Crippen LogP contribution in [0.5, 0.6) is 11.5 Å². The predicted molar refractivity (Wildman–Crippen MR) is 234 cm³/mol. The van der Waals surface area contributed by atoms with Gasteiger partial charge in [-0.3, -0.25) is 0 Å². The molecule has 0 unspecified atom stereocenters. The van der Waals surface area contributed by atoms with Crippen LogP contribution < -0.4 is 19.3 Å². The minimum Gasteiger partial charge on any atom is -0.490 e. The van der Waals surface area contributed by atoms with E-state index in [4.69, 9.17) is 60.6 Å². The van der Waals surface area contributed by atoms with Crippen LogP contribution in [0.2, 0.25) is 20.1 Å². The number of cyclic esters (lactones) is 1. The maximum Gasteiger partial charge on any atom is 0.341 e. The highest BCUT2D eigenvalue weighted by Gasteiger charge is 2.48. The molecule has 0 radical (unpaired) electrons. The highest BCUT2D eigenvalue weighted by atomic mass is 35.5. The van der Waals surface area contributed by atoms with Crippen LogP contribution in [0.3, 0.4) is 0 Å². The Morgan fingerprint density at radius 2 is 0.946 bits per heavy atom. The summed E-state index contributed by atoms with van der Waals surface area (Å²) in [5.41, 5.74) is 5.43. The van der Waals surface area contributed by atoms with E-state index < -0.39 is 11.6 Å². The molecule has 1 aliphatic heterocycles. The van der Waals surface area contributed by atoms with Crippen molar-refractivity contribution in [1.29, 1.82) is 0 Å². The van der Waals surface area contributed by atoms with Crippen molar-refractivity contribution in [3.8, 4) is 11.5 Å². The number of hydrogen-bond donors (Lipinski definition) is 0. The summed E-state index contributed by atoms with van der Waals surface area (Å²) in [6.45, 7) is 8.23. The Labute approximate surface area is 348 Å².